The van der Waals surface area contributed by atoms with Gasteiger partial charge in [-0.15, -0.1) is 11.3 Å². The van der Waals surface area contributed by atoms with Crippen LogP contribution in [0, 0.1) is 5.41 Å². The average molecular weight is 500 g/mol. The normalized spacial score (nSPS) is 14.9. The van der Waals surface area contributed by atoms with Gasteiger partial charge in [0.2, 0.25) is 0 Å². The molecule has 184 valence electrons. The van der Waals surface area contributed by atoms with Crippen LogP contribution in [0.5, 0.6) is 5.75 Å². The minimum absolute atomic E-state index is 0.681. The van der Waals surface area contributed by atoms with Gasteiger partial charge in [0.25, 0.3) is 0 Å². The minimum atomic E-state index is 0.681. The molecule has 0 atom stereocenters. The number of H-pyrrole nitrogens is 1. The number of nitrogens with one attached hydrogen (secondary N) is 3. The lowest BCUT2D eigenvalue weighted by molar-refractivity contribution is 0.0322. The van der Waals surface area contributed by atoms with E-state index in [1.165, 1.54) is 32.7 Å². The molecule has 3 N–H and O–H groups in total. The van der Waals surface area contributed by atoms with Crippen LogP contribution in [0.15, 0.2) is 48.5 Å². The maximum Gasteiger partial charge on any atom is 0.120 e. The van der Waals surface area contributed by atoms with Crippen LogP contribution in [0.1, 0.15) is 16.0 Å². The Kier molecular flexibility index (Phi) is 6.31. The first kappa shape index (κ1) is 23.0. The Labute approximate surface area is 214 Å². The number of rotatable bonds is 8. The van der Waals surface area contributed by atoms with Gasteiger partial charge in [0, 0.05) is 77.0 Å². The second-order valence-corrected chi connectivity index (χ2v) is 10.2. The van der Waals surface area contributed by atoms with Crippen LogP contribution in [0.2, 0.25) is 0 Å². The van der Waals surface area contributed by atoms with Crippen molar-refractivity contribution in [1.29, 1.82) is 5.41 Å². The van der Waals surface area contributed by atoms with Gasteiger partial charge in [0.1, 0.15) is 12.4 Å². The zero-order valence-electron chi connectivity index (χ0n) is 20.3. The molecule has 2 aromatic heterocycles. The van der Waals surface area contributed by atoms with Gasteiger partial charge in [0.05, 0.1) is 24.6 Å². The van der Waals surface area contributed by atoms with Crippen molar-refractivity contribution in [3.8, 4) is 38.7 Å². The van der Waals surface area contributed by atoms with Crippen molar-refractivity contribution in [3.05, 3.63) is 64.5 Å². The molecule has 3 heterocycles. The van der Waals surface area contributed by atoms with Crippen molar-refractivity contribution in [2.45, 2.75) is 6.42 Å². The van der Waals surface area contributed by atoms with E-state index >= 15 is 0 Å². The lowest BCUT2D eigenvalue weighted by atomic mass is 10.0. The molecule has 0 bridgehead atoms. The molecule has 0 spiro atoms. The first-order valence-corrected chi connectivity index (χ1v) is 13.1. The lowest BCUT2D eigenvalue weighted by Crippen LogP contribution is -2.38. The average Bonchev–Trinajstić information content (AvgIpc) is 3.61. The third-order valence-corrected chi connectivity index (χ3v) is 8.12. The highest BCUT2D eigenvalue weighted by Gasteiger charge is 2.28. The van der Waals surface area contributed by atoms with Crippen molar-refractivity contribution >= 4 is 23.2 Å². The second kappa shape index (κ2) is 9.89. The van der Waals surface area contributed by atoms with E-state index in [4.69, 9.17) is 14.9 Å². The number of aromatic nitrogens is 2. The zero-order valence-corrected chi connectivity index (χ0v) is 21.1. The molecule has 8 heteroatoms. The van der Waals surface area contributed by atoms with Crippen LogP contribution in [0.4, 0.5) is 5.69 Å². The summed E-state index contributed by atoms with van der Waals surface area (Å²) < 4.78 is 11.5. The molecular weight excluding hydrogens is 470 g/mol. The van der Waals surface area contributed by atoms with E-state index in [-0.39, 0.29) is 0 Å². The van der Waals surface area contributed by atoms with E-state index in [1.807, 2.05) is 36.6 Å². The Balaban J connectivity index is 1.19. The van der Waals surface area contributed by atoms with Crippen molar-refractivity contribution in [3.63, 3.8) is 0 Å². The Morgan fingerprint density at radius 3 is 2.89 bits per heavy atom. The molecule has 7 nitrogen and oxygen atoms in total. The molecule has 1 saturated heterocycles. The predicted octanol–water partition coefficient (Wildman–Crippen LogP) is 5.13. The van der Waals surface area contributed by atoms with E-state index in [0.717, 1.165) is 73.2 Å². The summed E-state index contributed by atoms with van der Waals surface area (Å²) in [7, 11) is 1.88. The lowest BCUT2D eigenvalue weighted by Gasteiger charge is -2.26. The number of morpholine rings is 1. The number of fused-ring (bicyclic) bond motifs is 3. The summed E-state index contributed by atoms with van der Waals surface area (Å²) in [6.45, 7) is 5.19. The third-order valence-electron chi connectivity index (χ3n) is 6.93. The third kappa shape index (κ3) is 4.32. The molecular formula is C28H29N5O2S. The molecule has 1 fully saturated rings. The van der Waals surface area contributed by atoms with Crippen LogP contribution in [-0.2, 0) is 11.2 Å². The van der Waals surface area contributed by atoms with Crippen molar-refractivity contribution < 1.29 is 9.47 Å². The highest BCUT2D eigenvalue weighted by molar-refractivity contribution is 7.16. The summed E-state index contributed by atoms with van der Waals surface area (Å²) in [5.41, 5.74) is 8.62. The molecule has 1 aliphatic carbocycles. The molecule has 2 aromatic carbocycles. The summed E-state index contributed by atoms with van der Waals surface area (Å²) in [6.07, 6.45) is 2.24. The number of hydrogen-bond acceptors (Lipinski definition) is 7. The number of aromatic amines is 1. The highest BCUT2D eigenvalue weighted by Crippen LogP contribution is 2.47. The van der Waals surface area contributed by atoms with E-state index in [1.54, 1.807) is 0 Å². The molecule has 0 saturated carbocycles. The Morgan fingerprint density at radius 2 is 2.06 bits per heavy atom. The summed E-state index contributed by atoms with van der Waals surface area (Å²) in [5, 5.41) is 18.8. The molecule has 0 amide bonds. The fraction of sp³-hybridized carbons (Fsp3) is 0.286. The van der Waals surface area contributed by atoms with Crippen LogP contribution in [-0.4, -0.2) is 67.8 Å². The van der Waals surface area contributed by atoms with E-state index in [2.05, 4.69) is 50.7 Å². The highest BCUT2D eigenvalue weighted by atomic mass is 32.1. The molecule has 4 aromatic rings. The second-order valence-electron chi connectivity index (χ2n) is 9.08. The van der Waals surface area contributed by atoms with Crippen molar-refractivity contribution in [2.75, 3.05) is 51.8 Å². The Morgan fingerprint density at radius 1 is 1.17 bits per heavy atom. The predicted molar refractivity (Wildman–Crippen MR) is 146 cm³/mol. The van der Waals surface area contributed by atoms with Crippen molar-refractivity contribution in [2.24, 2.45) is 0 Å². The number of nitrogens with zero attached hydrogens (tertiary/aromatic N) is 2. The first-order valence-electron chi connectivity index (χ1n) is 12.3. The summed E-state index contributed by atoms with van der Waals surface area (Å²) in [5.74, 6) is 0.910. The fourth-order valence-corrected chi connectivity index (χ4v) is 6.15. The van der Waals surface area contributed by atoms with Gasteiger partial charge in [-0.05, 0) is 29.8 Å². The monoisotopic (exact) mass is 499 g/mol. The minimum Gasteiger partial charge on any atom is -0.492 e. The number of hydrogen-bond donors (Lipinski definition) is 3. The van der Waals surface area contributed by atoms with E-state index < -0.39 is 0 Å². The molecule has 1 aliphatic heterocycles. The maximum absolute atomic E-state index is 7.60. The standard InChI is InChI=1S/C28H29N5O2S/c1-30-24-14-19(5-6-20(24)17-29)27-23-16-26-22(28(23)32-31-27)15-25(36-26)18-3-2-4-21(13-18)35-12-9-33-7-10-34-11-8-33/h2-6,13-15,17,29-30H,7-12,16H2,1H3,(H,31,32). The number of thiophene rings is 1. The van der Waals surface area contributed by atoms with Gasteiger partial charge >= 0.3 is 0 Å². The van der Waals surface area contributed by atoms with Gasteiger partial charge < -0.3 is 20.2 Å². The maximum atomic E-state index is 7.60. The van der Waals surface area contributed by atoms with E-state index in [0.29, 0.717) is 6.61 Å². The topological polar surface area (TPSA) is 86.3 Å². The number of ether oxygens (including phenoxy) is 2. The van der Waals surface area contributed by atoms with Gasteiger partial charge in [-0.3, -0.25) is 10.00 Å². The van der Waals surface area contributed by atoms with Gasteiger partial charge in [-0.1, -0.05) is 24.3 Å². The largest absolute Gasteiger partial charge is 0.492 e. The quantitative estimate of drug-likeness (QED) is 0.258. The molecule has 6 rings (SSSR count). The van der Waals surface area contributed by atoms with Crippen LogP contribution in [0.25, 0.3) is 33.0 Å². The van der Waals surface area contributed by atoms with Gasteiger partial charge in [0.15, 0.2) is 0 Å². The summed E-state index contributed by atoms with van der Waals surface area (Å²) in [6, 6.07) is 16.8. The zero-order chi connectivity index (χ0) is 24.5. The summed E-state index contributed by atoms with van der Waals surface area (Å²) >= 11 is 1.84. The van der Waals surface area contributed by atoms with E-state index in [9.17, 15) is 0 Å². The number of benzene rings is 2. The first-order chi connectivity index (χ1) is 17.7. The summed E-state index contributed by atoms with van der Waals surface area (Å²) in [4.78, 5) is 4.99. The number of anilines is 1. The molecule has 36 heavy (non-hydrogen) atoms. The fourth-order valence-electron chi connectivity index (χ4n) is 4.98. The van der Waals surface area contributed by atoms with Crippen LogP contribution >= 0.6 is 11.3 Å². The SMILES string of the molecule is CNc1cc(-c2n[nH]c3c2Cc2sc(-c4cccc(OCCN5CCOCC5)c4)cc2-3)ccc1C=N. The molecule has 2 aliphatic rings. The van der Waals surface area contributed by atoms with Crippen LogP contribution < -0.4 is 10.1 Å². The van der Waals surface area contributed by atoms with Gasteiger partial charge in [-0.2, -0.15) is 5.10 Å². The van der Waals surface area contributed by atoms with Gasteiger partial charge in [-0.25, -0.2) is 0 Å². The molecule has 0 unspecified atom stereocenters. The van der Waals surface area contributed by atoms with Crippen LogP contribution in [0.3, 0.4) is 0 Å². The Bertz CT molecular complexity index is 1400. The van der Waals surface area contributed by atoms with Crippen molar-refractivity contribution in [1.82, 2.24) is 15.1 Å². The smallest absolute Gasteiger partial charge is 0.120 e. The Hall–Kier alpha value is -3.46. The molecule has 0 radical (unpaired) electrons.